The van der Waals surface area contributed by atoms with Crippen LogP contribution in [0.2, 0.25) is 0 Å². The Morgan fingerprint density at radius 3 is 2.25 bits per heavy atom. The van der Waals surface area contributed by atoms with Crippen LogP contribution in [0.5, 0.6) is 5.88 Å². The molecular weight excluding hydrogens is 362 g/mol. The Morgan fingerprint density at radius 1 is 0.929 bits per heavy atom. The first-order valence-electron chi connectivity index (χ1n) is 8.96. The van der Waals surface area contributed by atoms with Crippen molar-refractivity contribution in [2.24, 2.45) is 0 Å². The molecule has 0 unspecified atom stereocenters. The zero-order valence-electron chi connectivity index (χ0n) is 15.1. The van der Waals surface area contributed by atoms with Gasteiger partial charge in [-0.3, -0.25) is 9.59 Å². The van der Waals surface area contributed by atoms with Crippen LogP contribution in [-0.2, 0) is 6.61 Å². The van der Waals surface area contributed by atoms with Crippen LogP contribution >= 0.6 is 0 Å². The van der Waals surface area contributed by atoms with Gasteiger partial charge in [0.05, 0.1) is 12.3 Å². The van der Waals surface area contributed by atoms with Gasteiger partial charge in [0.25, 0.3) is 17.7 Å². The van der Waals surface area contributed by atoms with E-state index in [1.54, 1.807) is 21.9 Å². The van der Waals surface area contributed by atoms with E-state index >= 15 is 0 Å². The second kappa shape index (κ2) is 7.99. The van der Waals surface area contributed by atoms with Crippen molar-refractivity contribution in [3.8, 4) is 5.88 Å². The third-order valence-corrected chi connectivity index (χ3v) is 4.51. The average Bonchev–Trinajstić information content (AvgIpc) is 3.44. The minimum atomic E-state index is -0.271. The SMILES string of the molecule is O=C(c1ccco1)N1CCN(C(=O)c2cc(OCc3ccccc3)no2)CC1. The zero-order chi connectivity index (χ0) is 19.3. The van der Waals surface area contributed by atoms with Gasteiger partial charge in [-0.25, -0.2) is 0 Å². The van der Waals surface area contributed by atoms with Crippen molar-refractivity contribution < 1.29 is 23.3 Å². The molecule has 3 aromatic rings. The van der Waals surface area contributed by atoms with Gasteiger partial charge in [0.15, 0.2) is 5.76 Å². The number of hydrogen-bond acceptors (Lipinski definition) is 6. The lowest BCUT2D eigenvalue weighted by Gasteiger charge is -2.33. The molecule has 8 heteroatoms. The monoisotopic (exact) mass is 381 g/mol. The van der Waals surface area contributed by atoms with Gasteiger partial charge in [-0.15, -0.1) is 0 Å². The largest absolute Gasteiger partial charge is 0.471 e. The maximum absolute atomic E-state index is 12.6. The Bertz CT molecular complexity index is 928. The number of benzene rings is 1. The van der Waals surface area contributed by atoms with E-state index in [9.17, 15) is 9.59 Å². The van der Waals surface area contributed by atoms with Gasteiger partial charge in [0.2, 0.25) is 5.76 Å². The van der Waals surface area contributed by atoms with Gasteiger partial charge in [-0.2, -0.15) is 0 Å². The number of ether oxygens (including phenoxy) is 1. The van der Waals surface area contributed by atoms with Crippen molar-refractivity contribution in [1.82, 2.24) is 15.0 Å². The molecule has 1 aliphatic rings. The lowest BCUT2D eigenvalue weighted by atomic mass is 10.2. The van der Waals surface area contributed by atoms with Gasteiger partial charge in [-0.05, 0) is 22.9 Å². The first kappa shape index (κ1) is 17.8. The molecule has 0 atom stereocenters. The predicted molar refractivity (Wildman–Crippen MR) is 97.8 cm³/mol. The number of rotatable bonds is 5. The Morgan fingerprint density at radius 2 is 1.61 bits per heavy atom. The summed E-state index contributed by atoms with van der Waals surface area (Å²) in [4.78, 5) is 28.2. The number of nitrogens with zero attached hydrogens (tertiary/aromatic N) is 3. The van der Waals surface area contributed by atoms with Crippen LogP contribution in [-0.4, -0.2) is 52.9 Å². The van der Waals surface area contributed by atoms with Crippen molar-refractivity contribution in [2.45, 2.75) is 6.61 Å². The fourth-order valence-corrected chi connectivity index (χ4v) is 2.98. The molecule has 0 radical (unpaired) electrons. The number of amides is 2. The van der Waals surface area contributed by atoms with Crippen molar-refractivity contribution in [3.05, 3.63) is 71.9 Å². The van der Waals surface area contributed by atoms with E-state index in [0.717, 1.165) is 5.56 Å². The maximum Gasteiger partial charge on any atom is 0.292 e. The van der Waals surface area contributed by atoms with E-state index < -0.39 is 0 Å². The highest BCUT2D eigenvalue weighted by Gasteiger charge is 2.28. The first-order valence-corrected chi connectivity index (χ1v) is 8.96. The van der Waals surface area contributed by atoms with Gasteiger partial charge < -0.3 is 23.5 Å². The van der Waals surface area contributed by atoms with Crippen molar-refractivity contribution >= 4 is 11.8 Å². The predicted octanol–water partition coefficient (Wildman–Crippen LogP) is 2.44. The molecule has 1 saturated heterocycles. The number of aromatic nitrogens is 1. The van der Waals surface area contributed by atoms with E-state index in [2.05, 4.69) is 5.16 Å². The number of carbonyl (C=O) groups is 2. The van der Waals surface area contributed by atoms with Gasteiger partial charge in [0, 0.05) is 26.2 Å². The standard InChI is InChI=1S/C20H19N3O5/c24-19(16-7-4-12-26-16)22-8-10-23(11-9-22)20(25)17-13-18(21-28-17)27-14-15-5-2-1-3-6-15/h1-7,12-13H,8-11,14H2. The number of furan rings is 1. The van der Waals surface area contributed by atoms with E-state index in [4.69, 9.17) is 13.7 Å². The fourth-order valence-electron chi connectivity index (χ4n) is 2.98. The lowest BCUT2D eigenvalue weighted by molar-refractivity contribution is 0.0497. The molecule has 2 amide bonds. The third-order valence-electron chi connectivity index (χ3n) is 4.51. The van der Waals surface area contributed by atoms with Gasteiger partial charge in [-0.1, -0.05) is 30.3 Å². The molecule has 0 N–H and O–H groups in total. The number of carbonyl (C=O) groups excluding carboxylic acids is 2. The quantitative estimate of drug-likeness (QED) is 0.674. The first-order chi connectivity index (χ1) is 13.7. The van der Waals surface area contributed by atoms with Crippen molar-refractivity contribution in [1.29, 1.82) is 0 Å². The average molecular weight is 381 g/mol. The molecule has 0 bridgehead atoms. The minimum Gasteiger partial charge on any atom is -0.471 e. The van der Waals surface area contributed by atoms with E-state index in [0.29, 0.717) is 38.5 Å². The van der Waals surface area contributed by atoms with E-state index in [1.807, 2.05) is 30.3 Å². The summed E-state index contributed by atoms with van der Waals surface area (Å²) in [5, 5.41) is 3.80. The Kier molecular flexibility index (Phi) is 5.09. The summed E-state index contributed by atoms with van der Waals surface area (Å²) in [6.07, 6.45) is 1.47. The topological polar surface area (TPSA) is 89.0 Å². The molecule has 1 fully saturated rings. The van der Waals surface area contributed by atoms with E-state index in [1.165, 1.54) is 12.3 Å². The van der Waals surface area contributed by atoms with Crippen LogP contribution in [0.4, 0.5) is 0 Å². The highest BCUT2D eigenvalue weighted by molar-refractivity contribution is 5.93. The minimum absolute atomic E-state index is 0.119. The second-order valence-corrected chi connectivity index (χ2v) is 6.37. The molecule has 8 nitrogen and oxygen atoms in total. The molecule has 3 heterocycles. The van der Waals surface area contributed by atoms with Crippen LogP contribution in [0.1, 0.15) is 26.7 Å². The van der Waals surface area contributed by atoms with Crippen LogP contribution in [0.25, 0.3) is 0 Å². The molecule has 0 aliphatic carbocycles. The highest BCUT2D eigenvalue weighted by Crippen LogP contribution is 2.17. The zero-order valence-corrected chi connectivity index (χ0v) is 15.1. The Hall–Kier alpha value is -3.55. The molecule has 144 valence electrons. The molecule has 1 aliphatic heterocycles. The van der Waals surface area contributed by atoms with Gasteiger partial charge >= 0.3 is 0 Å². The summed E-state index contributed by atoms with van der Waals surface area (Å²) >= 11 is 0. The third kappa shape index (κ3) is 3.90. The molecule has 0 spiro atoms. The summed E-state index contributed by atoms with van der Waals surface area (Å²) in [7, 11) is 0. The number of hydrogen-bond donors (Lipinski definition) is 0. The number of piperazine rings is 1. The fraction of sp³-hybridized carbons (Fsp3) is 0.250. The summed E-state index contributed by atoms with van der Waals surface area (Å²) in [5.41, 5.74) is 0.996. The van der Waals surface area contributed by atoms with E-state index in [-0.39, 0.29) is 23.5 Å². The summed E-state index contributed by atoms with van der Waals surface area (Å²) in [5.74, 6) is 0.239. The Labute approximate surface area is 161 Å². The van der Waals surface area contributed by atoms with Crippen LogP contribution in [0.3, 0.4) is 0 Å². The van der Waals surface area contributed by atoms with Crippen LogP contribution < -0.4 is 4.74 Å². The Balaban J connectivity index is 1.30. The molecule has 28 heavy (non-hydrogen) atoms. The maximum atomic E-state index is 12.6. The van der Waals surface area contributed by atoms with Gasteiger partial charge in [0.1, 0.15) is 6.61 Å². The lowest BCUT2D eigenvalue weighted by Crippen LogP contribution is -2.50. The summed E-state index contributed by atoms with van der Waals surface area (Å²) in [6.45, 7) is 2.01. The van der Waals surface area contributed by atoms with Crippen LogP contribution in [0.15, 0.2) is 63.7 Å². The molecule has 0 saturated carbocycles. The molecule has 2 aromatic heterocycles. The normalized spacial score (nSPS) is 14.1. The van der Waals surface area contributed by atoms with Crippen molar-refractivity contribution in [2.75, 3.05) is 26.2 Å². The summed E-state index contributed by atoms with van der Waals surface area (Å²) < 4.78 is 15.8. The van der Waals surface area contributed by atoms with Crippen LogP contribution in [0, 0.1) is 0 Å². The second-order valence-electron chi connectivity index (χ2n) is 6.37. The highest BCUT2D eigenvalue weighted by atomic mass is 16.5. The summed E-state index contributed by atoms with van der Waals surface area (Å²) in [6, 6.07) is 14.5. The molecular formula is C20H19N3O5. The molecule has 4 rings (SSSR count). The smallest absolute Gasteiger partial charge is 0.292 e. The van der Waals surface area contributed by atoms with Crippen molar-refractivity contribution in [3.63, 3.8) is 0 Å². The molecule has 1 aromatic carbocycles.